The number of benzene rings is 3. The highest BCUT2D eigenvalue weighted by atomic mass is 32.2. The molecule has 0 heterocycles. The average molecular weight is 593 g/mol. The highest BCUT2D eigenvalue weighted by Crippen LogP contribution is 2.38. The van der Waals surface area contributed by atoms with Crippen molar-refractivity contribution in [3.05, 3.63) is 91.0 Å². The quantitative estimate of drug-likeness (QED) is 0.156. The van der Waals surface area contributed by atoms with Crippen molar-refractivity contribution in [2.24, 2.45) is 0 Å². The van der Waals surface area contributed by atoms with Crippen LogP contribution in [0, 0.1) is 0 Å². The molecule has 0 aliphatic heterocycles. The van der Waals surface area contributed by atoms with E-state index in [1.54, 1.807) is 0 Å². The van der Waals surface area contributed by atoms with E-state index in [0.29, 0.717) is 0 Å². The molecule has 0 fully saturated rings. The van der Waals surface area contributed by atoms with Crippen LogP contribution in [0.3, 0.4) is 0 Å². The number of esters is 1. The first-order valence-electron chi connectivity index (χ1n) is 10.8. The summed E-state index contributed by atoms with van der Waals surface area (Å²) in [6.07, 6.45) is -12.8. The molecule has 3 rings (SSSR count). The van der Waals surface area contributed by atoms with Crippen LogP contribution in [0.2, 0.25) is 0 Å². The topological polar surface area (TPSA) is 121 Å². The van der Waals surface area contributed by atoms with E-state index in [1.807, 2.05) is 0 Å². The Kier molecular flexibility index (Phi) is 11.0. The van der Waals surface area contributed by atoms with Gasteiger partial charge in [0.1, 0.15) is 0 Å². The number of hydrogen-bond donors (Lipinski definition) is 1. The summed E-state index contributed by atoms with van der Waals surface area (Å²) in [6, 6.07) is 32.2. The summed E-state index contributed by atoms with van der Waals surface area (Å²) in [5, 5.41) is 2.18. The maximum atomic E-state index is 12.8. The first kappa shape index (κ1) is 31.7. The molecule has 0 aliphatic carbocycles. The molecule has 1 atom stereocenters. The van der Waals surface area contributed by atoms with E-state index < -0.39 is 52.4 Å². The van der Waals surface area contributed by atoms with Crippen molar-refractivity contribution < 1.29 is 54.4 Å². The van der Waals surface area contributed by atoms with Crippen LogP contribution in [0.25, 0.3) is 0 Å². The van der Waals surface area contributed by atoms with E-state index in [9.17, 15) is 44.5 Å². The fraction of sp³-hybridized carbons (Fsp3) is 0.200. The minimum atomic E-state index is -6.76. The molecule has 0 aromatic heterocycles. The zero-order valence-corrected chi connectivity index (χ0v) is 21.4. The Bertz CT molecular complexity index is 1230. The Morgan fingerprint density at radius 1 is 0.769 bits per heavy atom. The first-order valence-corrected chi connectivity index (χ1v) is 13.5. The Morgan fingerprint density at radius 3 is 1.41 bits per heavy atom. The van der Waals surface area contributed by atoms with Crippen molar-refractivity contribution in [2.45, 2.75) is 45.1 Å². The number of halogens is 5. The van der Waals surface area contributed by atoms with Gasteiger partial charge in [0.15, 0.2) is 24.8 Å². The standard InChI is InChI=1S/C18H15S.C7H7F5O7S/c1-4-10-16(11-5-1)19(17-12-6-2-7-13-17)18-14-8-3-9-15-18;8-6(9,10)5(7(11,12)20(16,17)18)19-4(15)2-1-3(13)14/h1-15H;5H,1-2H2,(H,13,14)(H,16,17,18)/q+1;/p-1. The fourth-order valence-corrected chi connectivity index (χ4v) is 5.48. The average Bonchev–Trinajstić information content (AvgIpc) is 2.87. The summed E-state index contributed by atoms with van der Waals surface area (Å²) in [6.45, 7) is 0. The van der Waals surface area contributed by atoms with Gasteiger partial charge in [0.05, 0.1) is 23.7 Å². The van der Waals surface area contributed by atoms with Gasteiger partial charge in [-0.3, -0.25) is 9.59 Å². The lowest BCUT2D eigenvalue weighted by molar-refractivity contribution is -0.259. The largest absolute Gasteiger partial charge is 0.743 e. The van der Waals surface area contributed by atoms with Crippen LogP contribution < -0.4 is 0 Å². The summed E-state index contributed by atoms with van der Waals surface area (Å²) in [7, 11) is -6.77. The summed E-state index contributed by atoms with van der Waals surface area (Å²) in [5.74, 6) is -3.67. The highest BCUT2D eigenvalue weighted by Gasteiger charge is 2.62. The number of rotatable bonds is 9. The number of alkyl halides is 5. The maximum Gasteiger partial charge on any atom is 0.432 e. The number of aliphatic carboxylic acids is 1. The fourth-order valence-electron chi connectivity index (χ4n) is 2.93. The van der Waals surface area contributed by atoms with Crippen LogP contribution in [0.1, 0.15) is 12.8 Å². The number of ether oxygens (including phenoxy) is 1. The van der Waals surface area contributed by atoms with Crippen molar-refractivity contribution in [2.75, 3.05) is 0 Å². The number of carboxylic acid groups (broad SMARTS) is 1. The van der Waals surface area contributed by atoms with Crippen LogP contribution in [0.5, 0.6) is 0 Å². The molecule has 0 bridgehead atoms. The molecule has 39 heavy (non-hydrogen) atoms. The monoisotopic (exact) mass is 592 g/mol. The molecule has 0 aliphatic rings. The lowest BCUT2D eigenvalue weighted by Gasteiger charge is -2.29. The predicted molar refractivity (Wildman–Crippen MR) is 129 cm³/mol. The van der Waals surface area contributed by atoms with Crippen molar-refractivity contribution in [1.29, 1.82) is 0 Å². The van der Waals surface area contributed by atoms with Gasteiger partial charge in [0.2, 0.25) is 0 Å². The van der Waals surface area contributed by atoms with E-state index in [1.165, 1.54) is 14.7 Å². The van der Waals surface area contributed by atoms with E-state index in [4.69, 9.17) is 5.11 Å². The second kappa shape index (κ2) is 13.5. The first-order chi connectivity index (χ1) is 18.1. The van der Waals surface area contributed by atoms with Crippen molar-refractivity contribution in [3.63, 3.8) is 0 Å². The van der Waals surface area contributed by atoms with Crippen LogP contribution >= 0.6 is 0 Å². The van der Waals surface area contributed by atoms with E-state index in [-0.39, 0.29) is 10.9 Å². The maximum absolute atomic E-state index is 12.8. The van der Waals surface area contributed by atoms with Crippen molar-refractivity contribution in [1.82, 2.24) is 0 Å². The second-order valence-corrected chi connectivity index (χ2v) is 11.0. The molecule has 3 aromatic carbocycles. The van der Waals surface area contributed by atoms with Gasteiger partial charge in [0, 0.05) is 0 Å². The van der Waals surface area contributed by atoms with Gasteiger partial charge in [-0.15, -0.1) is 0 Å². The minimum Gasteiger partial charge on any atom is -0.743 e. The minimum absolute atomic E-state index is 0.0146. The molecular weight excluding hydrogens is 571 g/mol. The summed E-state index contributed by atoms with van der Waals surface area (Å²) < 4.78 is 95.9. The predicted octanol–water partition coefficient (Wildman–Crippen LogP) is 5.25. The van der Waals surface area contributed by atoms with Gasteiger partial charge in [-0.05, 0) is 36.4 Å². The molecule has 1 N–H and O–H groups in total. The zero-order chi connectivity index (χ0) is 29.3. The molecule has 0 radical (unpaired) electrons. The number of hydrogen-bond acceptors (Lipinski definition) is 6. The van der Waals surface area contributed by atoms with Gasteiger partial charge in [-0.1, -0.05) is 54.6 Å². The van der Waals surface area contributed by atoms with E-state index >= 15 is 0 Å². The van der Waals surface area contributed by atoms with Gasteiger partial charge in [-0.2, -0.15) is 22.0 Å². The van der Waals surface area contributed by atoms with Crippen LogP contribution in [-0.4, -0.2) is 47.6 Å². The Labute approximate surface area is 223 Å². The molecule has 3 aromatic rings. The summed E-state index contributed by atoms with van der Waals surface area (Å²) in [5.41, 5.74) is 0. The Morgan fingerprint density at radius 2 is 1.13 bits per heavy atom. The normalized spacial score (nSPS) is 12.7. The Hall–Kier alpha value is -3.49. The summed E-state index contributed by atoms with van der Waals surface area (Å²) >= 11 is 0. The molecule has 1 unspecified atom stereocenters. The molecule has 0 spiro atoms. The molecular formula is C25H21F5O7S2. The number of carbonyl (C=O) groups excluding carboxylic acids is 1. The third-order valence-corrected chi connectivity index (χ3v) is 7.78. The van der Waals surface area contributed by atoms with Gasteiger partial charge >= 0.3 is 23.4 Å². The van der Waals surface area contributed by atoms with E-state index in [0.717, 1.165) is 0 Å². The lowest BCUT2D eigenvalue weighted by atomic mass is 10.3. The van der Waals surface area contributed by atoms with Gasteiger partial charge < -0.3 is 14.4 Å². The number of carboxylic acids is 1. The van der Waals surface area contributed by atoms with E-state index in [2.05, 4.69) is 95.7 Å². The van der Waals surface area contributed by atoms with Gasteiger partial charge in [0.25, 0.3) is 6.10 Å². The third kappa shape index (κ3) is 9.33. The summed E-state index contributed by atoms with van der Waals surface area (Å²) in [4.78, 5) is 24.9. The van der Waals surface area contributed by atoms with Crippen molar-refractivity contribution in [3.8, 4) is 0 Å². The SMILES string of the molecule is O=C(O)CCC(=O)OC(C(F)(F)F)C(F)(F)S(=O)(=O)[O-].c1ccc([S+](c2ccccc2)c2ccccc2)cc1. The zero-order valence-electron chi connectivity index (χ0n) is 19.8. The van der Waals surface area contributed by atoms with Crippen LogP contribution in [0.4, 0.5) is 22.0 Å². The van der Waals surface area contributed by atoms with Crippen molar-refractivity contribution >= 4 is 33.0 Å². The molecule has 0 saturated carbocycles. The lowest BCUT2D eigenvalue weighted by Crippen LogP contribution is -2.52. The molecule has 14 heteroatoms. The van der Waals surface area contributed by atoms with Crippen LogP contribution in [0.15, 0.2) is 106 Å². The number of carbonyl (C=O) groups is 2. The second-order valence-electron chi connectivity index (χ2n) is 7.57. The molecule has 7 nitrogen and oxygen atoms in total. The smallest absolute Gasteiger partial charge is 0.432 e. The molecule has 0 amide bonds. The molecule has 210 valence electrons. The van der Waals surface area contributed by atoms with Gasteiger partial charge in [-0.25, -0.2) is 8.42 Å². The van der Waals surface area contributed by atoms with Crippen LogP contribution in [-0.2, 0) is 35.3 Å². The molecule has 0 saturated heterocycles. The highest BCUT2D eigenvalue weighted by molar-refractivity contribution is 7.97. The Balaban J connectivity index is 0.000000273. The third-order valence-electron chi connectivity index (χ3n) is 4.66.